The minimum absolute atomic E-state index is 0.0411. The monoisotopic (exact) mass is 278 g/mol. The molecule has 1 N–H and O–H groups in total. The molecule has 5 heteroatoms. The number of nitrogens with one attached hydrogen (secondary N) is 1. The van der Waals surface area contributed by atoms with Gasteiger partial charge >= 0.3 is 5.69 Å². The van der Waals surface area contributed by atoms with Crippen molar-refractivity contribution in [3.63, 3.8) is 0 Å². The van der Waals surface area contributed by atoms with Crippen LogP contribution in [0.1, 0.15) is 33.6 Å². The van der Waals surface area contributed by atoms with Crippen LogP contribution in [0.15, 0.2) is 18.2 Å². The normalized spacial score (nSPS) is 19.4. The van der Waals surface area contributed by atoms with E-state index in [-0.39, 0.29) is 10.6 Å². The van der Waals surface area contributed by atoms with Gasteiger partial charge in [-0.3, -0.25) is 10.1 Å². The highest BCUT2D eigenvalue weighted by Gasteiger charge is 2.45. The number of ether oxygens (including phenoxy) is 1. The summed E-state index contributed by atoms with van der Waals surface area (Å²) in [6, 6.07) is 5.19. The molecule has 5 nitrogen and oxygen atoms in total. The Labute approximate surface area is 119 Å². The van der Waals surface area contributed by atoms with Crippen LogP contribution in [0.2, 0.25) is 0 Å². The zero-order valence-corrected chi connectivity index (χ0v) is 12.3. The van der Waals surface area contributed by atoms with E-state index >= 15 is 0 Å². The van der Waals surface area contributed by atoms with E-state index < -0.39 is 0 Å². The average molecular weight is 278 g/mol. The molecule has 0 radical (unpaired) electrons. The number of nitro groups is 1. The lowest BCUT2D eigenvalue weighted by atomic mass is 10.1. The Morgan fingerprint density at radius 2 is 2.20 bits per heavy atom. The smallest absolute Gasteiger partial charge is 0.333 e. The van der Waals surface area contributed by atoms with E-state index in [1.54, 1.807) is 18.2 Å². The van der Waals surface area contributed by atoms with Gasteiger partial charge < -0.3 is 10.1 Å². The van der Waals surface area contributed by atoms with Gasteiger partial charge in [-0.2, -0.15) is 0 Å². The van der Waals surface area contributed by atoms with Crippen molar-refractivity contribution in [2.75, 3.05) is 18.5 Å². The van der Waals surface area contributed by atoms with Crippen LogP contribution in [0.25, 0.3) is 0 Å². The predicted octanol–water partition coefficient (Wildman–Crippen LogP) is 3.84. The van der Waals surface area contributed by atoms with Crippen molar-refractivity contribution >= 4 is 11.4 Å². The van der Waals surface area contributed by atoms with Crippen LogP contribution < -0.4 is 10.1 Å². The van der Waals surface area contributed by atoms with Gasteiger partial charge in [0.15, 0.2) is 5.75 Å². The third-order valence-electron chi connectivity index (χ3n) is 3.90. The van der Waals surface area contributed by atoms with Gasteiger partial charge in [0.05, 0.1) is 11.5 Å². The molecule has 1 atom stereocenters. The topological polar surface area (TPSA) is 64.4 Å². The maximum absolute atomic E-state index is 11.3. The van der Waals surface area contributed by atoms with Gasteiger partial charge in [-0.05, 0) is 36.3 Å². The third kappa shape index (κ3) is 3.21. The summed E-state index contributed by atoms with van der Waals surface area (Å²) in [5.41, 5.74) is 0.948. The molecule has 1 aliphatic rings. The van der Waals surface area contributed by atoms with Crippen LogP contribution in [-0.2, 0) is 0 Å². The highest BCUT2D eigenvalue weighted by atomic mass is 16.6. The summed E-state index contributed by atoms with van der Waals surface area (Å²) in [5, 5.41) is 14.5. The van der Waals surface area contributed by atoms with E-state index in [2.05, 4.69) is 19.2 Å². The molecule has 0 aliphatic heterocycles. The second-order valence-corrected chi connectivity index (χ2v) is 6.03. The Hall–Kier alpha value is -1.78. The number of hydrogen-bond acceptors (Lipinski definition) is 4. The first-order valence-corrected chi connectivity index (χ1v) is 7.09. The third-order valence-corrected chi connectivity index (χ3v) is 3.90. The molecule has 1 aliphatic carbocycles. The average Bonchev–Trinajstić information content (AvgIpc) is 3.01. The summed E-state index contributed by atoms with van der Waals surface area (Å²) >= 11 is 0. The van der Waals surface area contributed by atoms with Crippen LogP contribution in [0, 0.1) is 21.4 Å². The molecular formula is C15H22N2O3. The Morgan fingerprint density at radius 3 is 2.75 bits per heavy atom. The molecule has 0 aromatic heterocycles. The predicted molar refractivity (Wildman–Crippen MR) is 79.3 cm³/mol. The van der Waals surface area contributed by atoms with Crippen molar-refractivity contribution in [1.82, 2.24) is 0 Å². The van der Waals surface area contributed by atoms with E-state index in [9.17, 15) is 10.1 Å². The molecule has 1 aromatic rings. The molecule has 1 fully saturated rings. The van der Waals surface area contributed by atoms with Crippen LogP contribution in [0.5, 0.6) is 5.75 Å². The molecule has 0 saturated heterocycles. The highest BCUT2D eigenvalue weighted by molar-refractivity contribution is 5.68. The molecule has 0 heterocycles. The molecule has 2 rings (SSSR count). The number of nitrogens with zero attached hydrogens (tertiary/aromatic N) is 1. The summed E-state index contributed by atoms with van der Waals surface area (Å²) in [4.78, 5) is 10.9. The Kier molecular flexibility index (Phi) is 4.16. The second kappa shape index (κ2) is 5.69. The molecule has 1 aromatic carbocycles. The number of anilines is 1. The molecule has 110 valence electrons. The van der Waals surface area contributed by atoms with Gasteiger partial charge in [-0.15, -0.1) is 0 Å². The van der Waals surface area contributed by atoms with Gasteiger partial charge in [0.1, 0.15) is 5.69 Å². The maximum atomic E-state index is 11.3. The molecule has 0 amide bonds. The first-order chi connectivity index (χ1) is 9.45. The minimum atomic E-state index is -0.370. The van der Waals surface area contributed by atoms with E-state index in [1.165, 1.54) is 6.42 Å². The largest absolute Gasteiger partial charge is 0.487 e. The van der Waals surface area contributed by atoms with Crippen LogP contribution in [0.3, 0.4) is 0 Å². The van der Waals surface area contributed by atoms with Gasteiger partial charge in [0.25, 0.3) is 0 Å². The summed E-state index contributed by atoms with van der Waals surface area (Å²) in [5.74, 6) is 0.930. The lowest BCUT2D eigenvalue weighted by molar-refractivity contribution is -0.385. The fourth-order valence-electron chi connectivity index (χ4n) is 2.34. The fourth-order valence-corrected chi connectivity index (χ4v) is 2.34. The lowest BCUT2D eigenvalue weighted by Crippen LogP contribution is -2.09. The summed E-state index contributed by atoms with van der Waals surface area (Å²) in [6.07, 6.45) is 1.99. The van der Waals surface area contributed by atoms with E-state index in [0.717, 1.165) is 13.0 Å². The Balaban J connectivity index is 2.12. The van der Waals surface area contributed by atoms with Gasteiger partial charge in [0, 0.05) is 6.54 Å². The lowest BCUT2D eigenvalue weighted by Gasteiger charge is -2.11. The summed E-state index contributed by atoms with van der Waals surface area (Å²) in [6.45, 7) is 7.66. The molecule has 20 heavy (non-hydrogen) atoms. The Bertz CT molecular complexity index is 500. The van der Waals surface area contributed by atoms with E-state index in [1.807, 2.05) is 6.92 Å². The van der Waals surface area contributed by atoms with Crippen LogP contribution in [-0.4, -0.2) is 18.1 Å². The van der Waals surface area contributed by atoms with Crippen molar-refractivity contribution in [3.8, 4) is 5.75 Å². The quantitative estimate of drug-likeness (QED) is 0.608. The number of nitro benzene ring substituents is 1. The summed E-state index contributed by atoms with van der Waals surface area (Å²) < 4.78 is 5.47. The van der Waals surface area contributed by atoms with E-state index in [0.29, 0.717) is 29.4 Å². The molecule has 1 saturated carbocycles. The Morgan fingerprint density at radius 1 is 1.50 bits per heavy atom. The van der Waals surface area contributed by atoms with Gasteiger partial charge in [-0.1, -0.05) is 26.8 Å². The van der Waals surface area contributed by atoms with Crippen molar-refractivity contribution in [2.24, 2.45) is 11.3 Å². The maximum Gasteiger partial charge on any atom is 0.333 e. The van der Waals surface area contributed by atoms with Crippen LogP contribution in [0.4, 0.5) is 11.4 Å². The SMILES string of the molecule is CCCOc1cccc(NCC2CC2(C)C)c1[N+](=O)[O-]. The van der Waals surface area contributed by atoms with Crippen molar-refractivity contribution in [1.29, 1.82) is 0 Å². The molecule has 0 spiro atoms. The van der Waals surface area contributed by atoms with Gasteiger partial charge in [0.2, 0.25) is 0 Å². The number of benzene rings is 1. The standard InChI is InChI=1S/C15H22N2O3/c1-4-8-20-13-7-5-6-12(14(13)17(18)19)16-10-11-9-15(11,2)3/h5-7,11,16H,4,8-10H2,1-3H3. The molecule has 0 bridgehead atoms. The minimum Gasteiger partial charge on any atom is -0.487 e. The molecular weight excluding hydrogens is 256 g/mol. The highest BCUT2D eigenvalue weighted by Crippen LogP contribution is 2.51. The zero-order chi connectivity index (χ0) is 14.8. The fraction of sp³-hybridized carbons (Fsp3) is 0.600. The van der Waals surface area contributed by atoms with Crippen molar-refractivity contribution < 1.29 is 9.66 Å². The van der Waals surface area contributed by atoms with Gasteiger partial charge in [-0.25, -0.2) is 0 Å². The molecule has 1 unspecified atom stereocenters. The second-order valence-electron chi connectivity index (χ2n) is 6.03. The number of para-hydroxylation sites is 1. The van der Waals surface area contributed by atoms with E-state index in [4.69, 9.17) is 4.74 Å². The van der Waals surface area contributed by atoms with Crippen molar-refractivity contribution in [2.45, 2.75) is 33.6 Å². The number of rotatable bonds is 7. The van der Waals surface area contributed by atoms with Crippen LogP contribution >= 0.6 is 0 Å². The van der Waals surface area contributed by atoms with Crippen molar-refractivity contribution in [3.05, 3.63) is 28.3 Å². The number of hydrogen-bond donors (Lipinski definition) is 1. The first-order valence-electron chi connectivity index (χ1n) is 7.09. The first kappa shape index (κ1) is 14.6. The summed E-state index contributed by atoms with van der Waals surface area (Å²) in [7, 11) is 0. The zero-order valence-electron chi connectivity index (χ0n) is 12.3.